The molecule has 1 aliphatic rings. The number of anilines is 2. The van der Waals surface area contributed by atoms with Crippen LogP contribution in [0.1, 0.15) is 49.9 Å². The maximum absolute atomic E-state index is 13.1. The van der Waals surface area contributed by atoms with Crippen LogP contribution in [-0.4, -0.2) is 48.1 Å². The van der Waals surface area contributed by atoms with Gasteiger partial charge in [0.05, 0.1) is 5.56 Å². The minimum absolute atomic E-state index is 0.0212. The van der Waals surface area contributed by atoms with E-state index >= 15 is 0 Å². The molecule has 1 N–H and O–H groups in total. The van der Waals surface area contributed by atoms with Gasteiger partial charge in [-0.25, -0.2) is 9.97 Å². The van der Waals surface area contributed by atoms with E-state index < -0.39 is 0 Å². The average molecular weight is 432 g/mol. The van der Waals surface area contributed by atoms with Crippen molar-refractivity contribution in [3.63, 3.8) is 0 Å². The number of pyridine rings is 2. The number of nitrogens with one attached hydrogen (secondary N) is 1. The van der Waals surface area contributed by atoms with Gasteiger partial charge in [-0.05, 0) is 30.4 Å². The van der Waals surface area contributed by atoms with Crippen LogP contribution < -0.4 is 15.1 Å². The Balaban J connectivity index is 1.54. The third kappa shape index (κ3) is 4.85. The Morgan fingerprint density at radius 3 is 2.22 bits per heavy atom. The van der Waals surface area contributed by atoms with E-state index in [1.54, 1.807) is 6.20 Å². The van der Waals surface area contributed by atoms with Crippen LogP contribution in [0.15, 0.2) is 54.9 Å². The Morgan fingerprint density at radius 2 is 1.56 bits per heavy atom. The Hall–Kier alpha value is -3.15. The van der Waals surface area contributed by atoms with Gasteiger partial charge in [0, 0.05) is 50.0 Å². The van der Waals surface area contributed by atoms with Gasteiger partial charge in [0.15, 0.2) is 0 Å². The van der Waals surface area contributed by atoms with Crippen LogP contribution >= 0.6 is 0 Å². The number of rotatable bonds is 8. The van der Waals surface area contributed by atoms with E-state index in [1.165, 1.54) is 0 Å². The summed E-state index contributed by atoms with van der Waals surface area (Å²) in [5.41, 5.74) is 0.661. The van der Waals surface area contributed by atoms with E-state index in [4.69, 9.17) is 4.98 Å². The molecule has 32 heavy (non-hydrogen) atoms. The molecule has 168 valence electrons. The number of aromatic nitrogens is 2. The fourth-order valence-corrected chi connectivity index (χ4v) is 4.55. The highest BCUT2D eigenvalue weighted by atomic mass is 16.1. The molecule has 1 fully saturated rings. The molecule has 1 amide bonds. The summed E-state index contributed by atoms with van der Waals surface area (Å²) in [7, 11) is 0. The van der Waals surface area contributed by atoms with Crippen LogP contribution in [0, 0.1) is 0 Å². The molecule has 0 atom stereocenters. The smallest absolute Gasteiger partial charge is 0.253 e. The first-order chi connectivity index (χ1) is 15.7. The maximum Gasteiger partial charge on any atom is 0.253 e. The lowest BCUT2D eigenvalue weighted by Gasteiger charge is -2.36. The second-order valence-corrected chi connectivity index (χ2v) is 8.45. The molecule has 0 spiro atoms. The highest BCUT2D eigenvalue weighted by Gasteiger charge is 2.23. The van der Waals surface area contributed by atoms with Gasteiger partial charge in [0.25, 0.3) is 5.91 Å². The summed E-state index contributed by atoms with van der Waals surface area (Å²) in [6.07, 6.45) is 7.73. The summed E-state index contributed by atoms with van der Waals surface area (Å²) in [6.45, 7) is 7.85. The lowest BCUT2D eigenvalue weighted by Crippen LogP contribution is -2.47. The van der Waals surface area contributed by atoms with Gasteiger partial charge in [-0.1, -0.05) is 57.0 Å². The molecule has 4 rings (SSSR count). The van der Waals surface area contributed by atoms with Crippen LogP contribution in [0.4, 0.5) is 11.6 Å². The number of fused-ring (bicyclic) bond motifs is 1. The molecule has 6 nitrogen and oxygen atoms in total. The Kier molecular flexibility index (Phi) is 7.20. The summed E-state index contributed by atoms with van der Waals surface area (Å²) in [6, 6.07) is 14.4. The number of hydrogen-bond donors (Lipinski definition) is 1. The van der Waals surface area contributed by atoms with Crippen molar-refractivity contribution >= 4 is 28.3 Å². The van der Waals surface area contributed by atoms with Crippen LogP contribution in [0.25, 0.3) is 10.8 Å². The summed E-state index contributed by atoms with van der Waals surface area (Å²) in [5.74, 6) is 1.95. The quantitative estimate of drug-likeness (QED) is 0.562. The summed E-state index contributed by atoms with van der Waals surface area (Å²) in [4.78, 5) is 27.0. The van der Waals surface area contributed by atoms with Gasteiger partial charge >= 0.3 is 0 Å². The Morgan fingerprint density at radius 1 is 0.906 bits per heavy atom. The Bertz CT molecular complexity index is 1020. The molecule has 1 aliphatic heterocycles. The van der Waals surface area contributed by atoms with Crippen molar-refractivity contribution in [1.29, 1.82) is 0 Å². The molecule has 0 aliphatic carbocycles. The second-order valence-electron chi connectivity index (χ2n) is 8.45. The fraction of sp³-hybridized carbons (Fsp3) is 0.423. The second kappa shape index (κ2) is 10.4. The van der Waals surface area contributed by atoms with Gasteiger partial charge < -0.3 is 15.1 Å². The highest BCUT2D eigenvalue weighted by molar-refractivity contribution is 6.09. The van der Waals surface area contributed by atoms with Gasteiger partial charge in [-0.2, -0.15) is 0 Å². The molecule has 0 radical (unpaired) electrons. The van der Waals surface area contributed by atoms with Gasteiger partial charge in [0.2, 0.25) is 0 Å². The molecule has 0 saturated carbocycles. The summed E-state index contributed by atoms with van der Waals surface area (Å²) >= 11 is 0. The average Bonchev–Trinajstić information content (AvgIpc) is 2.84. The summed E-state index contributed by atoms with van der Waals surface area (Å²) in [5, 5.41) is 5.25. The zero-order valence-electron chi connectivity index (χ0n) is 19.1. The monoisotopic (exact) mass is 431 g/mol. The normalized spacial score (nSPS) is 14.2. The SMILES string of the molecule is CCCC(CCC)NC(=O)c1cnc(N2CCN(c3ccccn3)CC2)c2ccccc12. The van der Waals surface area contributed by atoms with Crippen molar-refractivity contribution < 1.29 is 4.79 Å². The van der Waals surface area contributed by atoms with Crippen molar-refractivity contribution in [2.75, 3.05) is 36.0 Å². The number of nitrogens with zero attached hydrogens (tertiary/aromatic N) is 4. The standard InChI is InChI=1S/C26H33N5O/c1-3-9-20(10-4-2)29-26(32)23-19-28-25(22-12-6-5-11-21(22)23)31-17-15-30(16-18-31)24-13-7-8-14-27-24/h5-8,11-14,19-20H,3-4,9-10,15-18H2,1-2H3,(H,29,32). The Labute approximate surface area is 190 Å². The van der Waals surface area contributed by atoms with Crippen LogP contribution in [0.3, 0.4) is 0 Å². The fourth-order valence-electron chi connectivity index (χ4n) is 4.55. The predicted molar refractivity (Wildman–Crippen MR) is 131 cm³/mol. The lowest BCUT2D eigenvalue weighted by molar-refractivity contribution is 0.0934. The van der Waals surface area contributed by atoms with Crippen molar-refractivity contribution in [3.8, 4) is 0 Å². The zero-order valence-corrected chi connectivity index (χ0v) is 19.1. The first kappa shape index (κ1) is 22.1. The van der Waals surface area contributed by atoms with E-state index in [1.807, 2.05) is 36.5 Å². The number of carbonyl (C=O) groups is 1. The number of amides is 1. The molecular formula is C26H33N5O. The van der Waals surface area contributed by atoms with E-state index in [0.29, 0.717) is 5.56 Å². The summed E-state index contributed by atoms with van der Waals surface area (Å²) < 4.78 is 0. The number of benzene rings is 1. The van der Waals surface area contributed by atoms with Crippen molar-refractivity contribution in [1.82, 2.24) is 15.3 Å². The first-order valence-corrected chi connectivity index (χ1v) is 11.8. The van der Waals surface area contributed by atoms with E-state index in [-0.39, 0.29) is 11.9 Å². The molecule has 1 aromatic carbocycles. The van der Waals surface area contributed by atoms with E-state index in [0.717, 1.165) is 74.3 Å². The topological polar surface area (TPSA) is 61.4 Å². The zero-order chi connectivity index (χ0) is 22.3. The molecule has 0 bridgehead atoms. The van der Waals surface area contributed by atoms with E-state index in [9.17, 15) is 4.79 Å². The van der Waals surface area contributed by atoms with Crippen molar-refractivity contribution in [3.05, 3.63) is 60.4 Å². The molecule has 3 heterocycles. The molecule has 1 saturated heterocycles. The third-order valence-electron chi connectivity index (χ3n) is 6.18. The van der Waals surface area contributed by atoms with Gasteiger partial charge in [0.1, 0.15) is 11.6 Å². The largest absolute Gasteiger partial charge is 0.353 e. The van der Waals surface area contributed by atoms with Gasteiger partial charge in [-0.3, -0.25) is 4.79 Å². The van der Waals surface area contributed by atoms with Crippen molar-refractivity contribution in [2.24, 2.45) is 0 Å². The molecular weight excluding hydrogens is 398 g/mol. The minimum atomic E-state index is -0.0212. The maximum atomic E-state index is 13.1. The molecule has 2 aromatic heterocycles. The molecule has 3 aromatic rings. The number of hydrogen-bond acceptors (Lipinski definition) is 5. The minimum Gasteiger partial charge on any atom is -0.353 e. The third-order valence-corrected chi connectivity index (χ3v) is 6.18. The molecule has 6 heteroatoms. The lowest BCUT2D eigenvalue weighted by atomic mass is 10.0. The van der Waals surface area contributed by atoms with E-state index in [2.05, 4.69) is 46.1 Å². The highest BCUT2D eigenvalue weighted by Crippen LogP contribution is 2.28. The van der Waals surface area contributed by atoms with Crippen LogP contribution in [0.2, 0.25) is 0 Å². The number of piperazine rings is 1. The first-order valence-electron chi connectivity index (χ1n) is 11.8. The predicted octanol–water partition coefficient (Wildman–Crippen LogP) is 4.66. The molecule has 0 unspecified atom stereocenters. The van der Waals surface area contributed by atoms with Crippen molar-refractivity contribution in [2.45, 2.75) is 45.6 Å². The van der Waals surface area contributed by atoms with Crippen LogP contribution in [0.5, 0.6) is 0 Å². The number of carbonyl (C=O) groups excluding carboxylic acids is 1. The van der Waals surface area contributed by atoms with Crippen LogP contribution in [-0.2, 0) is 0 Å². The van der Waals surface area contributed by atoms with Gasteiger partial charge in [-0.15, -0.1) is 0 Å².